The molecule has 0 heterocycles. The standard InChI is InChI=1S/C8H16N2O3/c1-5-6(11)9-7(8(12)13)10(2,3)4/h7H,5H2,1-4H3,(H-,9,11,12,13)/p+1. The lowest BCUT2D eigenvalue weighted by molar-refractivity contribution is -0.889. The number of quaternary nitrogens is 1. The van der Waals surface area contributed by atoms with E-state index in [4.69, 9.17) is 5.11 Å². The average molecular weight is 189 g/mol. The van der Waals surface area contributed by atoms with Crippen LogP contribution in [0.3, 0.4) is 0 Å². The van der Waals surface area contributed by atoms with Crippen molar-refractivity contribution in [1.82, 2.24) is 5.32 Å². The van der Waals surface area contributed by atoms with Gasteiger partial charge in [-0.3, -0.25) is 10.1 Å². The van der Waals surface area contributed by atoms with Crippen molar-refractivity contribution in [2.45, 2.75) is 19.5 Å². The van der Waals surface area contributed by atoms with E-state index in [2.05, 4.69) is 5.32 Å². The maximum Gasteiger partial charge on any atom is 0.385 e. The average Bonchev–Trinajstić information content (AvgIpc) is 1.96. The minimum Gasteiger partial charge on any atom is -0.475 e. The Labute approximate surface area is 77.9 Å². The smallest absolute Gasteiger partial charge is 0.385 e. The number of carbonyl (C=O) groups excluding carboxylic acids is 1. The van der Waals surface area contributed by atoms with E-state index in [1.54, 1.807) is 28.1 Å². The summed E-state index contributed by atoms with van der Waals surface area (Å²) in [6, 6.07) is 0. The van der Waals surface area contributed by atoms with Crippen LogP contribution in [0, 0.1) is 0 Å². The van der Waals surface area contributed by atoms with Crippen molar-refractivity contribution in [2.75, 3.05) is 21.1 Å². The molecule has 0 aromatic rings. The SMILES string of the molecule is CCC(=O)NC(C(=O)O)[N+](C)(C)C. The molecule has 0 aromatic carbocycles. The van der Waals surface area contributed by atoms with Crippen molar-refractivity contribution in [2.24, 2.45) is 0 Å². The summed E-state index contributed by atoms with van der Waals surface area (Å²) in [5, 5.41) is 11.3. The van der Waals surface area contributed by atoms with Gasteiger partial charge in [0.25, 0.3) is 6.17 Å². The van der Waals surface area contributed by atoms with Crippen LogP contribution >= 0.6 is 0 Å². The van der Waals surface area contributed by atoms with E-state index in [9.17, 15) is 9.59 Å². The van der Waals surface area contributed by atoms with Crippen LogP contribution in [0.25, 0.3) is 0 Å². The van der Waals surface area contributed by atoms with Gasteiger partial charge in [0.15, 0.2) is 0 Å². The van der Waals surface area contributed by atoms with Crippen molar-refractivity contribution >= 4 is 11.9 Å². The van der Waals surface area contributed by atoms with Gasteiger partial charge >= 0.3 is 5.97 Å². The summed E-state index contributed by atoms with van der Waals surface area (Å²) < 4.78 is 0.168. The number of nitrogens with one attached hydrogen (secondary N) is 1. The number of carboxylic acid groups (broad SMARTS) is 1. The molecule has 76 valence electrons. The second-order valence-corrected chi connectivity index (χ2v) is 3.78. The first-order valence-corrected chi connectivity index (χ1v) is 4.12. The Morgan fingerprint density at radius 2 is 1.85 bits per heavy atom. The van der Waals surface area contributed by atoms with Crippen molar-refractivity contribution in [3.63, 3.8) is 0 Å². The quantitative estimate of drug-likeness (QED) is 0.468. The second-order valence-electron chi connectivity index (χ2n) is 3.78. The van der Waals surface area contributed by atoms with E-state index in [0.29, 0.717) is 6.42 Å². The fraction of sp³-hybridized carbons (Fsp3) is 0.750. The Balaban J connectivity index is 4.46. The molecule has 0 saturated heterocycles. The van der Waals surface area contributed by atoms with Gasteiger partial charge in [0, 0.05) is 6.42 Å². The first kappa shape index (κ1) is 11.9. The number of carboxylic acids is 1. The molecule has 13 heavy (non-hydrogen) atoms. The number of nitrogens with zero attached hydrogens (tertiary/aromatic N) is 1. The molecule has 0 radical (unpaired) electrons. The van der Waals surface area contributed by atoms with Crippen LogP contribution < -0.4 is 5.32 Å². The normalized spacial score (nSPS) is 13.5. The second kappa shape index (κ2) is 4.23. The number of carbonyl (C=O) groups is 2. The van der Waals surface area contributed by atoms with E-state index in [0.717, 1.165) is 0 Å². The molecule has 0 saturated carbocycles. The van der Waals surface area contributed by atoms with Gasteiger partial charge in [-0.15, -0.1) is 0 Å². The van der Waals surface area contributed by atoms with Crippen molar-refractivity contribution in [3.8, 4) is 0 Å². The summed E-state index contributed by atoms with van der Waals surface area (Å²) in [6.07, 6.45) is -0.587. The third-order valence-corrected chi connectivity index (χ3v) is 1.63. The number of amides is 1. The van der Waals surface area contributed by atoms with Crippen LogP contribution in [0.1, 0.15) is 13.3 Å². The number of hydrogen-bond donors (Lipinski definition) is 2. The van der Waals surface area contributed by atoms with E-state index >= 15 is 0 Å². The van der Waals surface area contributed by atoms with Crippen LogP contribution in [0.15, 0.2) is 0 Å². The van der Waals surface area contributed by atoms with Crippen LogP contribution in [-0.2, 0) is 9.59 Å². The fourth-order valence-electron chi connectivity index (χ4n) is 0.841. The van der Waals surface area contributed by atoms with Crippen molar-refractivity contribution in [3.05, 3.63) is 0 Å². The van der Waals surface area contributed by atoms with Crippen LogP contribution in [0.5, 0.6) is 0 Å². The van der Waals surface area contributed by atoms with Gasteiger partial charge in [-0.1, -0.05) is 6.92 Å². The van der Waals surface area contributed by atoms with Gasteiger partial charge in [0.2, 0.25) is 5.91 Å². The summed E-state index contributed by atoms with van der Waals surface area (Å²) >= 11 is 0. The largest absolute Gasteiger partial charge is 0.475 e. The highest BCUT2D eigenvalue weighted by Crippen LogP contribution is 2.00. The Kier molecular flexibility index (Phi) is 3.87. The van der Waals surface area contributed by atoms with E-state index in [-0.39, 0.29) is 10.4 Å². The highest BCUT2D eigenvalue weighted by Gasteiger charge is 2.32. The van der Waals surface area contributed by atoms with Gasteiger partial charge in [-0.05, 0) is 0 Å². The van der Waals surface area contributed by atoms with E-state index in [1.807, 2.05) is 0 Å². The van der Waals surface area contributed by atoms with Crippen LogP contribution in [0.4, 0.5) is 0 Å². The number of aliphatic carboxylic acids is 1. The predicted octanol–water partition coefficient (Wildman–Crippen LogP) is -0.370. The molecule has 0 aromatic heterocycles. The summed E-state index contributed by atoms with van der Waals surface area (Å²) in [7, 11) is 5.15. The Bertz CT molecular complexity index is 208. The Hall–Kier alpha value is -1.10. The lowest BCUT2D eigenvalue weighted by Gasteiger charge is -2.30. The van der Waals surface area contributed by atoms with Crippen LogP contribution in [0.2, 0.25) is 0 Å². The van der Waals surface area contributed by atoms with E-state index in [1.165, 1.54) is 0 Å². The highest BCUT2D eigenvalue weighted by atomic mass is 16.4. The van der Waals surface area contributed by atoms with Gasteiger partial charge in [-0.2, -0.15) is 0 Å². The zero-order valence-corrected chi connectivity index (χ0v) is 8.50. The maximum absolute atomic E-state index is 11.0. The molecule has 0 aliphatic heterocycles. The zero-order chi connectivity index (χ0) is 10.6. The van der Waals surface area contributed by atoms with Gasteiger partial charge < -0.3 is 9.59 Å². The summed E-state index contributed by atoms with van der Waals surface area (Å²) in [4.78, 5) is 21.8. The summed E-state index contributed by atoms with van der Waals surface area (Å²) in [6.45, 7) is 1.68. The van der Waals surface area contributed by atoms with Gasteiger partial charge in [-0.25, -0.2) is 4.79 Å². The third-order valence-electron chi connectivity index (χ3n) is 1.63. The predicted molar refractivity (Wildman–Crippen MR) is 47.9 cm³/mol. The number of likely N-dealkylation sites (N-methyl/N-ethyl adjacent to an activating group) is 1. The molecular weight excluding hydrogens is 172 g/mol. The molecule has 0 spiro atoms. The molecule has 1 unspecified atom stereocenters. The molecule has 0 rings (SSSR count). The number of hydrogen-bond acceptors (Lipinski definition) is 2. The highest BCUT2D eigenvalue weighted by molar-refractivity contribution is 5.82. The number of rotatable bonds is 4. The minimum absolute atomic E-state index is 0.168. The van der Waals surface area contributed by atoms with Crippen molar-refractivity contribution in [1.29, 1.82) is 0 Å². The van der Waals surface area contributed by atoms with E-state index < -0.39 is 12.1 Å². The first-order valence-electron chi connectivity index (χ1n) is 4.12. The van der Waals surface area contributed by atoms with Gasteiger partial charge in [0.1, 0.15) is 0 Å². The monoisotopic (exact) mass is 189 g/mol. The zero-order valence-electron chi connectivity index (χ0n) is 8.50. The lowest BCUT2D eigenvalue weighted by atomic mass is 10.3. The topological polar surface area (TPSA) is 66.4 Å². The fourth-order valence-corrected chi connectivity index (χ4v) is 0.841. The first-order chi connectivity index (χ1) is 5.79. The molecule has 0 aliphatic carbocycles. The molecule has 0 bridgehead atoms. The summed E-state index contributed by atoms with van der Waals surface area (Å²) in [5.41, 5.74) is 0. The van der Waals surface area contributed by atoms with Gasteiger partial charge in [0.05, 0.1) is 21.1 Å². The molecule has 0 aliphatic rings. The molecule has 5 heteroatoms. The van der Waals surface area contributed by atoms with Crippen LogP contribution in [-0.4, -0.2) is 48.8 Å². The third kappa shape index (κ3) is 3.89. The summed E-state index contributed by atoms with van der Waals surface area (Å²) in [5.74, 6) is -1.27. The molecule has 1 atom stereocenters. The Morgan fingerprint density at radius 3 is 2.08 bits per heavy atom. The molecule has 1 amide bonds. The molecule has 2 N–H and O–H groups in total. The molecular formula is C8H17N2O3+. The molecule has 5 nitrogen and oxygen atoms in total. The molecule has 0 fully saturated rings. The lowest BCUT2D eigenvalue weighted by Crippen LogP contribution is -2.59. The van der Waals surface area contributed by atoms with Crippen molar-refractivity contribution < 1.29 is 19.2 Å². The minimum atomic E-state index is -1.02. The maximum atomic E-state index is 11.0. The Morgan fingerprint density at radius 1 is 1.38 bits per heavy atom.